The zero-order valence-electron chi connectivity index (χ0n) is 8.14. The molecule has 0 aliphatic heterocycles. The van der Waals surface area contributed by atoms with Crippen molar-refractivity contribution in [2.45, 2.75) is 18.8 Å². The van der Waals surface area contributed by atoms with Crippen LogP contribution in [0, 0.1) is 5.92 Å². The van der Waals surface area contributed by atoms with Gasteiger partial charge in [-0.1, -0.05) is 6.08 Å². The van der Waals surface area contributed by atoms with Gasteiger partial charge < -0.3 is 19.7 Å². The molecule has 0 amide bonds. The van der Waals surface area contributed by atoms with Crippen LogP contribution < -0.4 is 0 Å². The number of aliphatic hydroxyl groups excluding tert-OH is 2. The van der Waals surface area contributed by atoms with E-state index in [4.69, 9.17) is 14.6 Å². The third kappa shape index (κ3) is 4.38. The second kappa shape index (κ2) is 7.03. The maximum Gasteiger partial charge on any atom is 0.157 e. The quantitative estimate of drug-likeness (QED) is 0.443. The average molecular weight is 190 g/mol. The highest BCUT2D eigenvalue weighted by atomic mass is 16.7. The molecule has 2 atom stereocenters. The van der Waals surface area contributed by atoms with Crippen molar-refractivity contribution < 1.29 is 19.7 Å². The molecule has 0 aromatic carbocycles. The number of ether oxygens (including phenoxy) is 2. The van der Waals surface area contributed by atoms with Gasteiger partial charge in [-0.2, -0.15) is 0 Å². The second-order valence-electron chi connectivity index (χ2n) is 2.81. The molecule has 0 spiro atoms. The van der Waals surface area contributed by atoms with E-state index >= 15 is 0 Å². The molecule has 4 heteroatoms. The van der Waals surface area contributed by atoms with Crippen LogP contribution in [0.1, 0.15) is 6.42 Å². The van der Waals surface area contributed by atoms with Gasteiger partial charge in [0.25, 0.3) is 0 Å². The van der Waals surface area contributed by atoms with Crippen LogP contribution in [0.15, 0.2) is 12.7 Å². The molecule has 0 rings (SSSR count). The van der Waals surface area contributed by atoms with Gasteiger partial charge in [0.05, 0.1) is 6.10 Å². The molecule has 4 nitrogen and oxygen atoms in total. The van der Waals surface area contributed by atoms with Crippen LogP contribution in [0.25, 0.3) is 0 Å². The Bertz CT molecular complexity index is 134. The summed E-state index contributed by atoms with van der Waals surface area (Å²) in [5.74, 6) is -0.289. The minimum atomic E-state index is -0.724. The van der Waals surface area contributed by atoms with E-state index in [1.165, 1.54) is 20.3 Å². The normalized spacial score (nSPS) is 15.8. The number of aliphatic hydroxyl groups is 2. The van der Waals surface area contributed by atoms with Gasteiger partial charge in [0.15, 0.2) is 6.29 Å². The van der Waals surface area contributed by atoms with Crippen LogP contribution >= 0.6 is 0 Å². The van der Waals surface area contributed by atoms with Gasteiger partial charge in [-0.05, 0) is 0 Å². The highest BCUT2D eigenvalue weighted by Crippen LogP contribution is 2.14. The Hall–Kier alpha value is -0.420. The average Bonchev–Trinajstić information content (AvgIpc) is 2.19. The molecule has 0 aliphatic carbocycles. The Morgan fingerprint density at radius 1 is 1.38 bits per heavy atom. The van der Waals surface area contributed by atoms with Gasteiger partial charge in [-0.3, -0.25) is 0 Å². The van der Waals surface area contributed by atoms with Gasteiger partial charge >= 0.3 is 0 Å². The summed E-state index contributed by atoms with van der Waals surface area (Å²) >= 11 is 0. The van der Waals surface area contributed by atoms with Crippen LogP contribution in [0.2, 0.25) is 0 Å². The lowest BCUT2D eigenvalue weighted by Crippen LogP contribution is -2.28. The van der Waals surface area contributed by atoms with Crippen molar-refractivity contribution in [3.63, 3.8) is 0 Å². The Labute approximate surface area is 78.8 Å². The van der Waals surface area contributed by atoms with E-state index in [-0.39, 0.29) is 12.5 Å². The first-order valence-electron chi connectivity index (χ1n) is 4.16. The zero-order valence-corrected chi connectivity index (χ0v) is 8.14. The monoisotopic (exact) mass is 190 g/mol. The summed E-state index contributed by atoms with van der Waals surface area (Å²) in [6, 6.07) is 0. The number of methoxy groups -OCH3 is 2. The summed E-state index contributed by atoms with van der Waals surface area (Å²) in [6.07, 6.45) is 0.712. The Kier molecular flexibility index (Phi) is 6.80. The smallest absolute Gasteiger partial charge is 0.157 e. The van der Waals surface area contributed by atoms with Crippen molar-refractivity contribution in [1.82, 2.24) is 0 Å². The van der Waals surface area contributed by atoms with Gasteiger partial charge in [0.1, 0.15) is 0 Å². The van der Waals surface area contributed by atoms with Crippen LogP contribution in [0.4, 0.5) is 0 Å². The van der Waals surface area contributed by atoms with E-state index in [0.29, 0.717) is 6.42 Å². The first kappa shape index (κ1) is 12.6. The molecule has 0 saturated heterocycles. The number of hydrogen-bond acceptors (Lipinski definition) is 4. The molecule has 0 aromatic heterocycles. The summed E-state index contributed by atoms with van der Waals surface area (Å²) in [4.78, 5) is 0. The molecular formula is C9H18O4. The minimum absolute atomic E-state index is 0.115. The summed E-state index contributed by atoms with van der Waals surface area (Å²) < 4.78 is 9.90. The molecule has 0 fully saturated rings. The van der Waals surface area contributed by atoms with Crippen LogP contribution in [0.5, 0.6) is 0 Å². The molecule has 0 aromatic rings. The molecular weight excluding hydrogens is 172 g/mol. The fourth-order valence-corrected chi connectivity index (χ4v) is 1.05. The van der Waals surface area contributed by atoms with Crippen LogP contribution in [0.3, 0.4) is 0 Å². The maximum absolute atomic E-state index is 9.37. The third-order valence-corrected chi connectivity index (χ3v) is 1.98. The largest absolute Gasteiger partial charge is 0.396 e. The van der Waals surface area contributed by atoms with Crippen molar-refractivity contribution in [3.05, 3.63) is 12.7 Å². The molecule has 0 saturated carbocycles. The zero-order chi connectivity index (χ0) is 10.3. The fourth-order valence-electron chi connectivity index (χ4n) is 1.05. The maximum atomic E-state index is 9.37. The van der Waals surface area contributed by atoms with E-state index in [1.54, 1.807) is 0 Å². The molecule has 0 heterocycles. The highest BCUT2D eigenvalue weighted by Gasteiger charge is 2.20. The van der Waals surface area contributed by atoms with E-state index < -0.39 is 12.4 Å². The Morgan fingerprint density at radius 3 is 2.23 bits per heavy atom. The lowest BCUT2D eigenvalue weighted by Gasteiger charge is -2.22. The Morgan fingerprint density at radius 2 is 1.92 bits per heavy atom. The molecule has 0 aliphatic rings. The second-order valence-corrected chi connectivity index (χ2v) is 2.81. The van der Waals surface area contributed by atoms with E-state index in [9.17, 15) is 5.11 Å². The topological polar surface area (TPSA) is 58.9 Å². The van der Waals surface area contributed by atoms with Crippen molar-refractivity contribution in [3.8, 4) is 0 Å². The molecule has 0 radical (unpaired) electrons. The fraction of sp³-hybridized carbons (Fsp3) is 0.778. The first-order chi connectivity index (χ1) is 6.19. The lowest BCUT2D eigenvalue weighted by molar-refractivity contribution is -0.123. The van der Waals surface area contributed by atoms with Crippen molar-refractivity contribution in [2.75, 3.05) is 20.8 Å². The Balaban J connectivity index is 4.01. The molecule has 13 heavy (non-hydrogen) atoms. The van der Waals surface area contributed by atoms with Gasteiger partial charge in [0.2, 0.25) is 0 Å². The first-order valence-corrected chi connectivity index (χ1v) is 4.16. The molecule has 2 N–H and O–H groups in total. The van der Waals surface area contributed by atoms with E-state index in [2.05, 4.69) is 6.58 Å². The molecule has 78 valence electrons. The van der Waals surface area contributed by atoms with E-state index in [1.807, 2.05) is 0 Å². The minimum Gasteiger partial charge on any atom is -0.396 e. The van der Waals surface area contributed by atoms with Crippen LogP contribution in [-0.2, 0) is 9.47 Å². The van der Waals surface area contributed by atoms with Crippen molar-refractivity contribution in [2.24, 2.45) is 5.92 Å². The summed E-state index contributed by atoms with van der Waals surface area (Å²) in [7, 11) is 3.03. The number of rotatable bonds is 7. The van der Waals surface area contributed by atoms with E-state index in [0.717, 1.165) is 0 Å². The number of hydrogen-bond donors (Lipinski definition) is 2. The van der Waals surface area contributed by atoms with Gasteiger partial charge in [-0.15, -0.1) is 6.58 Å². The summed E-state index contributed by atoms with van der Waals surface area (Å²) in [6.45, 7) is 3.33. The van der Waals surface area contributed by atoms with Crippen molar-refractivity contribution in [1.29, 1.82) is 0 Å². The lowest BCUT2D eigenvalue weighted by atomic mass is 9.99. The predicted molar refractivity (Wildman–Crippen MR) is 49.2 cm³/mol. The standard InChI is InChI=1S/C9H18O4/c1-4-8(11)7(6-10)5-9(12-2)13-3/h4,7-11H,1,5-6H2,2-3H3/t7-,8-/m0/s1. The summed E-state index contributed by atoms with van der Waals surface area (Å²) in [5, 5.41) is 18.3. The highest BCUT2D eigenvalue weighted by molar-refractivity contribution is 4.84. The van der Waals surface area contributed by atoms with Crippen LogP contribution in [-0.4, -0.2) is 43.4 Å². The molecule has 0 unspecified atom stereocenters. The molecule has 0 bridgehead atoms. The SMILES string of the molecule is C=C[C@H](O)[C@H](CO)CC(OC)OC. The van der Waals surface area contributed by atoms with Gasteiger partial charge in [0, 0.05) is 33.2 Å². The predicted octanol–water partition coefficient (Wildman–Crippen LogP) is 0.151. The van der Waals surface area contributed by atoms with Crippen molar-refractivity contribution >= 4 is 0 Å². The van der Waals surface area contributed by atoms with Gasteiger partial charge in [-0.25, -0.2) is 0 Å². The summed E-state index contributed by atoms with van der Waals surface area (Å²) in [5.41, 5.74) is 0. The third-order valence-electron chi connectivity index (χ3n) is 1.98.